The van der Waals surface area contributed by atoms with E-state index in [1.165, 1.54) is 6.20 Å². The number of benzene rings is 1. The summed E-state index contributed by atoms with van der Waals surface area (Å²) >= 11 is 3.32. The van der Waals surface area contributed by atoms with Crippen molar-refractivity contribution >= 4 is 31.6 Å². The van der Waals surface area contributed by atoms with E-state index >= 15 is 0 Å². The lowest BCUT2D eigenvalue weighted by molar-refractivity contribution is 0.532. The van der Waals surface area contributed by atoms with Gasteiger partial charge in [-0.2, -0.15) is 5.10 Å². The highest BCUT2D eigenvalue weighted by Gasteiger charge is 2.18. The summed E-state index contributed by atoms with van der Waals surface area (Å²) in [6.07, 6.45) is 3.18. The second kappa shape index (κ2) is 5.57. The van der Waals surface area contributed by atoms with E-state index in [2.05, 4.69) is 25.8 Å². The van der Waals surface area contributed by atoms with Crippen LogP contribution >= 0.6 is 15.9 Å². The normalized spacial score (nSPS) is 11.8. The summed E-state index contributed by atoms with van der Waals surface area (Å²) in [5.74, 6) is 0. The van der Waals surface area contributed by atoms with E-state index in [9.17, 15) is 8.42 Å². The maximum Gasteiger partial charge on any atom is 0.262 e. The number of aryl methyl sites for hydroxylation is 1. The van der Waals surface area contributed by atoms with E-state index in [0.29, 0.717) is 11.3 Å². The van der Waals surface area contributed by atoms with E-state index in [0.717, 1.165) is 4.47 Å². The van der Waals surface area contributed by atoms with Gasteiger partial charge < -0.3 is 0 Å². The second-order valence-electron chi connectivity index (χ2n) is 4.82. The fourth-order valence-corrected chi connectivity index (χ4v) is 3.53. The van der Waals surface area contributed by atoms with E-state index in [1.54, 1.807) is 36.0 Å². The molecule has 1 heterocycles. The summed E-state index contributed by atoms with van der Waals surface area (Å²) in [6.45, 7) is 5.71. The van der Waals surface area contributed by atoms with Crippen LogP contribution in [-0.4, -0.2) is 18.2 Å². The molecule has 2 aromatic rings. The van der Waals surface area contributed by atoms with Crippen LogP contribution in [0.25, 0.3) is 0 Å². The zero-order valence-electron chi connectivity index (χ0n) is 11.5. The molecule has 0 saturated carbocycles. The first-order valence-corrected chi connectivity index (χ1v) is 8.40. The van der Waals surface area contributed by atoms with Crippen molar-refractivity contribution in [1.82, 2.24) is 9.78 Å². The van der Waals surface area contributed by atoms with Crippen LogP contribution in [0.1, 0.15) is 25.5 Å². The average Bonchev–Trinajstić information content (AvgIpc) is 2.76. The number of rotatable bonds is 4. The molecule has 20 heavy (non-hydrogen) atoms. The highest BCUT2D eigenvalue weighted by molar-refractivity contribution is 9.10. The van der Waals surface area contributed by atoms with Crippen molar-refractivity contribution in [3.05, 3.63) is 40.6 Å². The van der Waals surface area contributed by atoms with Gasteiger partial charge in [0.1, 0.15) is 0 Å². The molecule has 108 valence electrons. The van der Waals surface area contributed by atoms with E-state index in [-0.39, 0.29) is 10.9 Å². The van der Waals surface area contributed by atoms with Gasteiger partial charge in [0.05, 0.1) is 16.8 Å². The Balaban J connectivity index is 2.30. The molecular weight excluding hydrogens is 342 g/mol. The Morgan fingerprint density at radius 3 is 2.60 bits per heavy atom. The molecule has 0 radical (unpaired) electrons. The van der Waals surface area contributed by atoms with Crippen molar-refractivity contribution in [1.29, 1.82) is 0 Å². The Kier molecular flexibility index (Phi) is 4.19. The third-order valence-corrected chi connectivity index (χ3v) is 4.84. The largest absolute Gasteiger partial charge is 0.276 e. The SMILES string of the molecule is Cc1cc(Br)ccc1S(=O)(=O)Nc1cnn(C(C)C)c1. The number of hydrogen-bond acceptors (Lipinski definition) is 3. The number of sulfonamides is 1. The number of halogens is 1. The van der Waals surface area contributed by atoms with Gasteiger partial charge >= 0.3 is 0 Å². The van der Waals surface area contributed by atoms with Gasteiger partial charge in [0, 0.05) is 16.7 Å². The summed E-state index contributed by atoms with van der Waals surface area (Å²) in [6, 6.07) is 5.24. The Hall–Kier alpha value is -1.34. The fourth-order valence-electron chi connectivity index (χ4n) is 1.80. The minimum atomic E-state index is -3.60. The Morgan fingerprint density at radius 2 is 2.05 bits per heavy atom. The number of anilines is 1. The van der Waals surface area contributed by atoms with Crippen molar-refractivity contribution in [3.63, 3.8) is 0 Å². The first kappa shape index (κ1) is 15.1. The predicted octanol–water partition coefficient (Wildman–Crippen LogP) is 3.34. The molecule has 7 heteroatoms. The quantitative estimate of drug-likeness (QED) is 0.912. The molecule has 1 aromatic carbocycles. The summed E-state index contributed by atoms with van der Waals surface area (Å²) in [4.78, 5) is 0.262. The molecule has 0 aliphatic heterocycles. The van der Waals surface area contributed by atoms with E-state index < -0.39 is 10.0 Å². The minimum absolute atomic E-state index is 0.183. The van der Waals surface area contributed by atoms with Crippen LogP contribution < -0.4 is 4.72 Å². The zero-order valence-corrected chi connectivity index (χ0v) is 13.9. The van der Waals surface area contributed by atoms with Crippen LogP contribution in [0.3, 0.4) is 0 Å². The van der Waals surface area contributed by atoms with Gasteiger partial charge in [-0.25, -0.2) is 8.42 Å². The van der Waals surface area contributed by atoms with Gasteiger partial charge in [-0.1, -0.05) is 15.9 Å². The van der Waals surface area contributed by atoms with E-state index in [4.69, 9.17) is 0 Å². The summed E-state index contributed by atoms with van der Waals surface area (Å²) < 4.78 is 29.8. The van der Waals surface area contributed by atoms with Crippen LogP contribution in [0, 0.1) is 6.92 Å². The molecule has 1 N–H and O–H groups in total. The molecule has 0 spiro atoms. The first-order valence-electron chi connectivity index (χ1n) is 6.13. The standard InChI is InChI=1S/C13H16BrN3O2S/c1-9(2)17-8-12(7-15-17)16-20(18,19)13-5-4-11(14)6-10(13)3/h4-9,16H,1-3H3. The maximum atomic E-state index is 12.3. The summed E-state index contributed by atoms with van der Waals surface area (Å²) in [7, 11) is -3.60. The molecule has 0 aliphatic rings. The van der Waals surface area contributed by atoms with Gasteiger partial charge in [-0.05, 0) is 44.5 Å². The lowest BCUT2D eigenvalue weighted by Crippen LogP contribution is -2.14. The molecule has 0 amide bonds. The molecule has 5 nitrogen and oxygen atoms in total. The lowest BCUT2D eigenvalue weighted by Gasteiger charge is -2.09. The number of hydrogen-bond donors (Lipinski definition) is 1. The number of nitrogens with one attached hydrogen (secondary N) is 1. The Morgan fingerprint density at radius 1 is 1.35 bits per heavy atom. The Labute approximate surface area is 127 Å². The first-order chi connectivity index (χ1) is 9.29. The van der Waals surface area contributed by atoms with Crippen molar-refractivity contribution in [2.24, 2.45) is 0 Å². The van der Waals surface area contributed by atoms with Gasteiger partial charge in [0.15, 0.2) is 0 Å². The molecule has 0 fully saturated rings. The van der Waals surface area contributed by atoms with Crippen molar-refractivity contribution in [2.45, 2.75) is 31.7 Å². The van der Waals surface area contributed by atoms with Crippen LogP contribution in [0.4, 0.5) is 5.69 Å². The maximum absolute atomic E-state index is 12.3. The van der Waals surface area contributed by atoms with Crippen molar-refractivity contribution < 1.29 is 8.42 Å². The van der Waals surface area contributed by atoms with Gasteiger partial charge in [-0.3, -0.25) is 9.40 Å². The highest BCUT2D eigenvalue weighted by Crippen LogP contribution is 2.22. The van der Waals surface area contributed by atoms with Gasteiger partial charge in [0.2, 0.25) is 0 Å². The predicted molar refractivity (Wildman–Crippen MR) is 82.3 cm³/mol. The molecule has 2 rings (SSSR count). The van der Waals surface area contributed by atoms with Gasteiger partial charge in [-0.15, -0.1) is 0 Å². The molecule has 0 unspecified atom stereocenters. The highest BCUT2D eigenvalue weighted by atomic mass is 79.9. The van der Waals surface area contributed by atoms with Crippen LogP contribution in [0.15, 0.2) is 40.0 Å². The Bertz CT molecular complexity index is 723. The lowest BCUT2D eigenvalue weighted by atomic mass is 10.2. The number of nitrogens with zero attached hydrogens (tertiary/aromatic N) is 2. The molecule has 0 saturated heterocycles. The molecular formula is C13H16BrN3O2S. The molecule has 1 aromatic heterocycles. The summed E-state index contributed by atoms with van der Waals surface area (Å²) in [5.41, 5.74) is 1.14. The third-order valence-electron chi connectivity index (χ3n) is 2.81. The molecule has 0 atom stereocenters. The third kappa shape index (κ3) is 3.21. The second-order valence-corrected chi connectivity index (χ2v) is 7.38. The average molecular weight is 358 g/mol. The fraction of sp³-hybridized carbons (Fsp3) is 0.308. The topological polar surface area (TPSA) is 64.0 Å². The smallest absolute Gasteiger partial charge is 0.262 e. The van der Waals surface area contributed by atoms with Crippen molar-refractivity contribution in [3.8, 4) is 0 Å². The van der Waals surface area contributed by atoms with E-state index in [1.807, 2.05) is 13.8 Å². The van der Waals surface area contributed by atoms with Crippen LogP contribution in [-0.2, 0) is 10.0 Å². The zero-order chi connectivity index (χ0) is 14.9. The van der Waals surface area contributed by atoms with Crippen LogP contribution in [0.5, 0.6) is 0 Å². The van der Waals surface area contributed by atoms with Gasteiger partial charge in [0.25, 0.3) is 10.0 Å². The molecule has 0 aliphatic carbocycles. The summed E-state index contributed by atoms with van der Waals surface area (Å²) in [5, 5.41) is 4.11. The monoisotopic (exact) mass is 357 g/mol. The van der Waals surface area contributed by atoms with Crippen LogP contribution in [0.2, 0.25) is 0 Å². The molecule has 0 bridgehead atoms. The number of aromatic nitrogens is 2. The minimum Gasteiger partial charge on any atom is -0.276 e. The van der Waals surface area contributed by atoms with Crippen molar-refractivity contribution in [2.75, 3.05) is 4.72 Å².